The molecule has 0 aliphatic heterocycles. The summed E-state index contributed by atoms with van der Waals surface area (Å²) in [5, 5.41) is 5.26. The van der Waals surface area contributed by atoms with Crippen LogP contribution < -0.4 is 0 Å². The van der Waals surface area contributed by atoms with Crippen molar-refractivity contribution >= 4 is 11.0 Å². The van der Waals surface area contributed by atoms with Crippen LogP contribution in [0.2, 0.25) is 0 Å². The molecular weight excluding hydrogens is 279 g/mol. The van der Waals surface area contributed by atoms with Gasteiger partial charge in [0.05, 0.1) is 16.9 Å². The first-order chi connectivity index (χ1) is 9.86. The molecule has 0 atom stereocenters. The number of hydrogen-bond donors (Lipinski definition) is 0. The fraction of sp³-hybridized carbons (Fsp3) is 0.200. The third-order valence-electron chi connectivity index (χ3n) is 3.28. The van der Waals surface area contributed by atoms with Crippen LogP contribution in [0.25, 0.3) is 16.7 Å². The summed E-state index contributed by atoms with van der Waals surface area (Å²) < 4.78 is 39.3. The summed E-state index contributed by atoms with van der Waals surface area (Å²) in [6.45, 7) is 3.78. The van der Waals surface area contributed by atoms with E-state index in [0.717, 1.165) is 28.8 Å². The third-order valence-corrected chi connectivity index (χ3v) is 3.28. The molecule has 2 heterocycles. The van der Waals surface area contributed by atoms with Crippen molar-refractivity contribution in [1.82, 2.24) is 14.8 Å². The summed E-state index contributed by atoms with van der Waals surface area (Å²) in [7, 11) is 0. The van der Waals surface area contributed by atoms with Crippen molar-refractivity contribution in [1.29, 1.82) is 0 Å². The predicted molar refractivity (Wildman–Crippen MR) is 73.3 cm³/mol. The molecule has 3 rings (SSSR count). The standard InChI is InChI=1S/C15H12F3N3/c1-9-7-13-10(2)20-21(14(13)19-8-9)12-5-3-11(4-6-12)15(16,17)18/h3-8H,1-2H3. The Kier molecular flexibility index (Phi) is 2.97. The molecule has 2 aromatic heterocycles. The number of alkyl halides is 3. The van der Waals surface area contributed by atoms with Gasteiger partial charge in [-0.1, -0.05) is 0 Å². The van der Waals surface area contributed by atoms with E-state index in [4.69, 9.17) is 0 Å². The summed E-state index contributed by atoms with van der Waals surface area (Å²) in [6, 6.07) is 6.86. The quantitative estimate of drug-likeness (QED) is 0.677. The third kappa shape index (κ3) is 2.37. The molecule has 0 radical (unpaired) electrons. The van der Waals surface area contributed by atoms with Gasteiger partial charge in [-0.2, -0.15) is 18.3 Å². The van der Waals surface area contributed by atoms with Crippen molar-refractivity contribution in [3.05, 3.63) is 53.3 Å². The average molecular weight is 291 g/mol. The first-order valence-corrected chi connectivity index (χ1v) is 6.36. The summed E-state index contributed by atoms with van der Waals surface area (Å²) in [6.07, 6.45) is -2.62. The molecule has 0 spiro atoms. The fourth-order valence-electron chi connectivity index (χ4n) is 2.22. The minimum atomic E-state index is -4.34. The van der Waals surface area contributed by atoms with E-state index >= 15 is 0 Å². The SMILES string of the molecule is Cc1cnc2c(c1)c(C)nn2-c1ccc(C(F)(F)F)cc1. The van der Waals surface area contributed by atoms with Gasteiger partial charge in [-0.25, -0.2) is 9.67 Å². The lowest BCUT2D eigenvalue weighted by molar-refractivity contribution is -0.137. The van der Waals surface area contributed by atoms with E-state index in [9.17, 15) is 13.2 Å². The van der Waals surface area contributed by atoms with Crippen molar-refractivity contribution in [3.8, 4) is 5.69 Å². The van der Waals surface area contributed by atoms with Gasteiger partial charge in [0.25, 0.3) is 0 Å². The maximum atomic E-state index is 12.6. The van der Waals surface area contributed by atoms with E-state index < -0.39 is 11.7 Å². The number of aromatic nitrogens is 3. The minimum absolute atomic E-state index is 0.553. The normalized spacial score (nSPS) is 12.0. The smallest absolute Gasteiger partial charge is 0.236 e. The maximum Gasteiger partial charge on any atom is 0.416 e. The molecule has 0 N–H and O–H groups in total. The monoisotopic (exact) mass is 291 g/mol. The Labute approximate surface area is 119 Å². The Hall–Kier alpha value is -2.37. The van der Waals surface area contributed by atoms with Gasteiger partial charge in [0.2, 0.25) is 0 Å². The Balaban J connectivity index is 2.13. The second kappa shape index (κ2) is 4.58. The summed E-state index contributed by atoms with van der Waals surface area (Å²) in [4.78, 5) is 4.33. The second-order valence-corrected chi connectivity index (χ2v) is 4.93. The zero-order chi connectivity index (χ0) is 15.2. The molecule has 3 aromatic rings. The van der Waals surface area contributed by atoms with Crippen LogP contribution in [-0.4, -0.2) is 14.8 Å². The van der Waals surface area contributed by atoms with Crippen molar-refractivity contribution in [2.24, 2.45) is 0 Å². The average Bonchev–Trinajstić information content (AvgIpc) is 2.75. The molecule has 0 fully saturated rings. The largest absolute Gasteiger partial charge is 0.416 e. The molecule has 6 heteroatoms. The Morgan fingerprint density at radius 3 is 2.33 bits per heavy atom. The van der Waals surface area contributed by atoms with Crippen LogP contribution in [0.15, 0.2) is 36.5 Å². The summed E-state index contributed by atoms with van der Waals surface area (Å²) in [5.74, 6) is 0. The van der Waals surface area contributed by atoms with Gasteiger partial charge in [0.15, 0.2) is 5.65 Å². The van der Waals surface area contributed by atoms with E-state index in [2.05, 4.69) is 10.1 Å². The van der Waals surface area contributed by atoms with E-state index in [1.807, 2.05) is 19.9 Å². The van der Waals surface area contributed by atoms with Crippen LogP contribution in [0.4, 0.5) is 13.2 Å². The molecule has 108 valence electrons. The molecule has 0 unspecified atom stereocenters. The van der Waals surface area contributed by atoms with E-state index in [0.29, 0.717) is 11.3 Å². The van der Waals surface area contributed by atoms with E-state index in [1.54, 1.807) is 10.9 Å². The highest BCUT2D eigenvalue weighted by Crippen LogP contribution is 2.30. The molecule has 0 amide bonds. The number of halogens is 3. The molecule has 0 aliphatic carbocycles. The molecule has 0 saturated heterocycles. The zero-order valence-corrected chi connectivity index (χ0v) is 11.4. The Morgan fingerprint density at radius 2 is 1.71 bits per heavy atom. The number of nitrogens with zero attached hydrogens (tertiary/aromatic N) is 3. The van der Waals surface area contributed by atoms with Crippen molar-refractivity contribution < 1.29 is 13.2 Å². The molecular formula is C15H12F3N3. The first-order valence-electron chi connectivity index (χ1n) is 6.36. The molecule has 0 aliphatic rings. The van der Waals surface area contributed by atoms with Gasteiger partial charge in [0.1, 0.15) is 0 Å². The lowest BCUT2D eigenvalue weighted by Crippen LogP contribution is -2.05. The number of benzene rings is 1. The van der Waals surface area contributed by atoms with Crippen molar-refractivity contribution in [2.75, 3.05) is 0 Å². The second-order valence-electron chi connectivity index (χ2n) is 4.93. The number of pyridine rings is 1. The topological polar surface area (TPSA) is 30.7 Å². The molecule has 0 bridgehead atoms. The minimum Gasteiger partial charge on any atom is -0.236 e. The summed E-state index contributed by atoms with van der Waals surface area (Å²) >= 11 is 0. The number of aryl methyl sites for hydroxylation is 2. The lowest BCUT2D eigenvalue weighted by Gasteiger charge is -2.08. The highest BCUT2D eigenvalue weighted by Gasteiger charge is 2.30. The number of hydrogen-bond acceptors (Lipinski definition) is 2. The van der Waals surface area contributed by atoms with Crippen LogP contribution in [-0.2, 0) is 6.18 Å². The van der Waals surface area contributed by atoms with Gasteiger partial charge in [-0.05, 0) is 49.7 Å². The Morgan fingerprint density at radius 1 is 1.05 bits per heavy atom. The van der Waals surface area contributed by atoms with Crippen molar-refractivity contribution in [3.63, 3.8) is 0 Å². The highest BCUT2D eigenvalue weighted by molar-refractivity contribution is 5.80. The van der Waals surface area contributed by atoms with Crippen LogP contribution in [0.5, 0.6) is 0 Å². The van der Waals surface area contributed by atoms with E-state index in [-0.39, 0.29) is 0 Å². The van der Waals surface area contributed by atoms with Gasteiger partial charge in [0, 0.05) is 11.6 Å². The molecule has 0 saturated carbocycles. The van der Waals surface area contributed by atoms with Gasteiger partial charge in [-0.3, -0.25) is 0 Å². The zero-order valence-electron chi connectivity index (χ0n) is 11.4. The van der Waals surface area contributed by atoms with Crippen LogP contribution >= 0.6 is 0 Å². The van der Waals surface area contributed by atoms with Crippen LogP contribution in [0.3, 0.4) is 0 Å². The molecule has 21 heavy (non-hydrogen) atoms. The van der Waals surface area contributed by atoms with Crippen LogP contribution in [0, 0.1) is 13.8 Å². The lowest BCUT2D eigenvalue weighted by atomic mass is 10.2. The number of rotatable bonds is 1. The Bertz CT molecular complexity index is 801. The predicted octanol–water partition coefficient (Wildman–Crippen LogP) is 4.06. The fourth-order valence-corrected chi connectivity index (χ4v) is 2.22. The number of fused-ring (bicyclic) bond motifs is 1. The first kappa shape index (κ1) is 13.6. The molecule has 1 aromatic carbocycles. The summed E-state index contributed by atoms with van der Waals surface area (Å²) in [5.41, 5.74) is 2.32. The maximum absolute atomic E-state index is 12.6. The molecule has 3 nitrogen and oxygen atoms in total. The van der Waals surface area contributed by atoms with Crippen molar-refractivity contribution in [2.45, 2.75) is 20.0 Å². The highest BCUT2D eigenvalue weighted by atomic mass is 19.4. The van der Waals surface area contributed by atoms with E-state index in [1.165, 1.54) is 12.1 Å². The van der Waals surface area contributed by atoms with Crippen LogP contribution in [0.1, 0.15) is 16.8 Å². The van der Waals surface area contributed by atoms with Gasteiger partial charge in [-0.15, -0.1) is 0 Å². The van der Waals surface area contributed by atoms with Gasteiger partial charge >= 0.3 is 6.18 Å². The van der Waals surface area contributed by atoms with Gasteiger partial charge < -0.3 is 0 Å².